The zero-order valence-electron chi connectivity index (χ0n) is 18.9. The van der Waals surface area contributed by atoms with Crippen LogP contribution in [0.2, 0.25) is 0 Å². The molecule has 0 radical (unpaired) electrons. The maximum absolute atomic E-state index is 13.5. The van der Waals surface area contributed by atoms with Gasteiger partial charge in [-0.2, -0.15) is 0 Å². The van der Waals surface area contributed by atoms with Gasteiger partial charge in [0.1, 0.15) is 0 Å². The highest BCUT2D eigenvalue weighted by atomic mass is 16.2. The zero-order chi connectivity index (χ0) is 22.1. The minimum absolute atomic E-state index is 0.00831. The number of nitrogens with one attached hydrogen (secondary N) is 1. The van der Waals surface area contributed by atoms with E-state index in [0.29, 0.717) is 6.54 Å². The van der Waals surface area contributed by atoms with Crippen LogP contribution in [0.3, 0.4) is 0 Å². The third kappa shape index (κ3) is 3.89. The van der Waals surface area contributed by atoms with Gasteiger partial charge in [0.05, 0.1) is 12.0 Å². The van der Waals surface area contributed by atoms with Crippen LogP contribution in [0.1, 0.15) is 54.5 Å². The fourth-order valence-corrected chi connectivity index (χ4v) is 5.89. The molecule has 1 N–H and O–H groups in total. The van der Waals surface area contributed by atoms with Crippen LogP contribution < -0.4 is 5.32 Å². The van der Waals surface area contributed by atoms with Crippen LogP contribution in [0.4, 0.5) is 4.79 Å². The average molecular weight is 432 g/mol. The van der Waals surface area contributed by atoms with Crippen molar-refractivity contribution in [2.45, 2.75) is 57.5 Å². The minimum Gasteiger partial charge on any atom is -0.338 e. The molecule has 2 aromatic rings. The number of carbonyl (C=O) groups excluding carboxylic acids is 2. The first-order valence-electron chi connectivity index (χ1n) is 12.2. The molecule has 2 fully saturated rings. The summed E-state index contributed by atoms with van der Waals surface area (Å²) < 4.78 is 0. The van der Waals surface area contributed by atoms with Crippen LogP contribution in [0.5, 0.6) is 0 Å². The number of carbonyl (C=O) groups is 2. The highest BCUT2D eigenvalue weighted by Crippen LogP contribution is 2.43. The number of piperidine rings is 2. The molecule has 2 saturated heterocycles. The van der Waals surface area contributed by atoms with Gasteiger partial charge >= 0.3 is 6.03 Å². The lowest BCUT2D eigenvalue weighted by molar-refractivity contribution is -0.148. The lowest BCUT2D eigenvalue weighted by Gasteiger charge is -2.51. The fourth-order valence-electron chi connectivity index (χ4n) is 5.89. The summed E-state index contributed by atoms with van der Waals surface area (Å²) in [7, 11) is 0. The second-order valence-electron chi connectivity index (χ2n) is 9.40. The van der Waals surface area contributed by atoms with E-state index < -0.39 is 0 Å². The number of hydrogen-bond acceptors (Lipinski definition) is 2. The van der Waals surface area contributed by atoms with Gasteiger partial charge in [-0.15, -0.1) is 0 Å². The van der Waals surface area contributed by atoms with E-state index >= 15 is 0 Å². The van der Waals surface area contributed by atoms with Gasteiger partial charge in [-0.1, -0.05) is 55.5 Å². The van der Waals surface area contributed by atoms with E-state index in [9.17, 15) is 9.59 Å². The predicted octanol–water partition coefficient (Wildman–Crippen LogP) is 4.11. The molecule has 3 aliphatic heterocycles. The number of urea groups is 1. The van der Waals surface area contributed by atoms with E-state index in [1.54, 1.807) is 0 Å². The van der Waals surface area contributed by atoms with Crippen molar-refractivity contribution >= 4 is 11.9 Å². The van der Waals surface area contributed by atoms with E-state index in [1.165, 1.54) is 22.3 Å². The molecule has 5 nitrogen and oxygen atoms in total. The Hall–Kier alpha value is -2.82. The normalized spacial score (nSPS) is 24.4. The Morgan fingerprint density at radius 2 is 1.94 bits per heavy atom. The van der Waals surface area contributed by atoms with Crippen molar-refractivity contribution in [1.82, 2.24) is 15.1 Å². The van der Waals surface area contributed by atoms with Crippen molar-refractivity contribution in [3.8, 4) is 0 Å². The van der Waals surface area contributed by atoms with Gasteiger partial charge in [-0.05, 0) is 60.8 Å². The molecule has 0 bridgehead atoms. The van der Waals surface area contributed by atoms with Crippen LogP contribution in [-0.4, -0.2) is 47.4 Å². The number of hydrogen-bond donors (Lipinski definition) is 1. The Morgan fingerprint density at radius 1 is 1.09 bits per heavy atom. The number of fused-ring (bicyclic) bond motifs is 4. The molecule has 0 unspecified atom stereocenters. The first-order valence-corrected chi connectivity index (χ1v) is 12.2. The molecule has 2 aromatic carbocycles. The third-order valence-corrected chi connectivity index (χ3v) is 7.61. The molecule has 168 valence electrons. The van der Waals surface area contributed by atoms with E-state index in [2.05, 4.69) is 47.5 Å². The fraction of sp³-hybridized carbons (Fsp3) is 0.481. The molecule has 5 heteroatoms. The molecular weight excluding hydrogens is 398 g/mol. The Morgan fingerprint density at radius 3 is 2.75 bits per heavy atom. The van der Waals surface area contributed by atoms with E-state index in [0.717, 1.165) is 51.6 Å². The number of rotatable bonds is 4. The van der Waals surface area contributed by atoms with Crippen molar-refractivity contribution in [2.75, 3.05) is 19.6 Å². The summed E-state index contributed by atoms with van der Waals surface area (Å²) in [6.07, 6.45) is 5.42. The second-order valence-corrected chi connectivity index (χ2v) is 9.40. The zero-order valence-corrected chi connectivity index (χ0v) is 18.9. The maximum Gasteiger partial charge on any atom is 0.317 e. The first-order chi connectivity index (χ1) is 15.7. The molecule has 3 heterocycles. The summed E-state index contributed by atoms with van der Waals surface area (Å²) in [4.78, 5) is 30.7. The molecule has 3 aliphatic rings. The molecule has 0 spiro atoms. The van der Waals surface area contributed by atoms with Crippen molar-refractivity contribution < 1.29 is 9.59 Å². The van der Waals surface area contributed by atoms with Crippen molar-refractivity contribution in [3.05, 3.63) is 70.8 Å². The largest absolute Gasteiger partial charge is 0.338 e. The van der Waals surface area contributed by atoms with Gasteiger partial charge < -0.3 is 15.1 Å². The van der Waals surface area contributed by atoms with E-state index in [1.807, 2.05) is 23.1 Å². The first kappa shape index (κ1) is 21.0. The van der Waals surface area contributed by atoms with Crippen LogP contribution >= 0.6 is 0 Å². The van der Waals surface area contributed by atoms with Crippen LogP contribution in [0.15, 0.2) is 48.5 Å². The number of aryl methyl sites for hydroxylation is 1. The van der Waals surface area contributed by atoms with E-state index in [4.69, 9.17) is 0 Å². The van der Waals surface area contributed by atoms with Gasteiger partial charge in [0.15, 0.2) is 0 Å². The Labute approximate surface area is 190 Å². The second kappa shape index (κ2) is 8.97. The summed E-state index contributed by atoms with van der Waals surface area (Å²) in [5.74, 6) is 0.189. The van der Waals surface area contributed by atoms with Gasteiger partial charge in [0, 0.05) is 25.7 Å². The quantitative estimate of drug-likeness (QED) is 0.792. The third-order valence-electron chi connectivity index (χ3n) is 7.61. The number of amides is 3. The van der Waals surface area contributed by atoms with Crippen LogP contribution in [0, 0.1) is 5.92 Å². The summed E-state index contributed by atoms with van der Waals surface area (Å²) in [6.45, 7) is 4.33. The summed E-state index contributed by atoms with van der Waals surface area (Å²) in [5, 5.41) is 3.12. The Kier molecular flexibility index (Phi) is 5.90. The summed E-state index contributed by atoms with van der Waals surface area (Å²) in [6, 6.07) is 17.0. The van der Waals surface area contributed by atoms with Crippen LogP contribution in [-0.2, 0) is 24.1 Å². The smallest absolute Gasteiger partial charge is 0.317 e. The SMILES string of the molecule is CCc1ccc2c(c1)CCN1C(=O)[C@H]3CCCN(C(=O)NCCc4ccccc4)[C@H]3C[C@H]21. The van der Waals surface area contributed by atoms with Crippen molar-refractivity contribution in [3.63, 3.8) is 0 Å². The van der Waals surface area contributed by atoms with Crippen molar-refractivity contribution in [2.24, 2.45) is 5.92 Å². The Balaban J connectivity index is 1.32. The lowest BCUT2D eigenvalue weighted by atomic mass is 9.76. The number of likely N-dealkylation sites (tertiary alicyclic amines) is 1. The van der Waals surface area contributed by atoms with E-state index in [-0.39, 0.29) is 29.9 Å². The van der Waals surface area contributed by atoms with Gasteiger partial charge in [0.25, 0.3) is 0 Å². The number of benzene rings is 2. The van der Waals surface area contributed by atoms with Gasteiger partial charge in [-0.25, -0.2) is 4.79 Å². The number of nitrogens with zero attached hydrogens (tertiary/aromatic N) is 2. The summed E-state index contributed by atoms with van der Waals surface area (Å²) in [5.41, 5.74) is 5.24. The molecule has 3 atom stereocenters. The van der Waals surface area contributed by atoms with Crippen LogP contribution in [0.25, 0.3) is 0 Å². The molecule has 3 amide bonds. The minimum atomic E-state index is -0.0589. The lowest BCUT2D eigenvalue weighted by Crippen LogP contribution is -2.61. The van der Waals surface area contributed by atoms with Gasteiger partial charge in [0.2, 0.25) is 5.91 Å². The monoisotopic (exact) mass is 431 g/mol. The maximum atomic E-state index is 13.5. The Bertz CT molecular complexity index is 990. The molecule has 0 aromatic heterocycles. The van der Waals surface area contributed by atoms with Crippen molar-refractivity contribution in [1.29, 1.82) is 0 Å². The average Bonchev–Trinajstić information content (AvgIpc) is 2.84. The molecule has 0 saturated carbocycles. The standard InChI is InChI=1S/C27H33N3O2/c1-2-19-10-11-22-21(17-19)13-16-29-24(22)18-25-23(26(29)31)9-6-15-30(25)27(32)28-14-12-20-7-4-3-5-8-20/h3-5,7-8,10-11,17,23-25H,2,6,9,12-16,18H2,1H3,(H,28,32)/t23-,24+,25-/m0/s1. The molecular formula is C27H33N3O2. The highest BCUT2D eigenvalue weighted by molar-refractivity contribution is 5.83. The molecule has 32 heavy (non-hydrogen) atoms. The highest BCUT2D eigenvalue weighted by Gasteiger charge is 2.48. The topological polar surface area (TPSA) is 52.7 Å². The van der Waals surface area contributed by atoms with Gasteiger partial charge in [-0.3, -0.25) is 4.79 Å². The predicted molar refractivity (Wildman–Crippen MR) is 125 cm³/mol. The molecule has 0 aliphatic carbocycles. The molecule has 5 rings (SSSR count). The summed E-state index contributed by atoms with van der Waals surface area (Å²) >= 11 is 0.